The molecule has 0 aromatic heterocycles. The van der Waals surface area contributed by atoms with Crippen LogP contribution in [0.15, 0.2) is 24.3 Å². The number of carbonyl (C=O) groups excluding carboxylic acids is 1. The van der Waals surface area contributed by atoms with Crippen LogP contribution in [0.2, 0.25) is 0 Å². The van der Waals surface area contributed by atoms with E-state index in [0.29, 0.717) is 53.6 Å². The Kier molecular flexibility index (Phi) is 8.92. The monoisotopic (exact) mass is 648 g/mol. The quantitative estimate of drug-likeness (QED) is 0.308. The zero-order chi connectivity index (χ0) is 34.2. The fourth-order valence-electron chi connectivity index (χ4n) is 13.6. The van der Waals surface area contributed by atoms with Crippen molar-refractivity contribution < 1.29 is 19.4 Å². The van der Waals surface area contributed by atoms with Crippen LogP contribution >= 0.6 is 0 Å². The molecule has 5 fully saturated rings. The van der Waals surface area contributed by atoms with E-state index in [9.17, 15) is 14.7 Å². The van der Waals surface area contributed by atoms with Crippen LogP contribution in [0.1, 0.15) is 135 Å². The average molecular weight is 649 g/mol. The predicted molar refractivity (Wildman–Crippen MR) is 188 cm³/mol. The van der Waals surface area contributed by atoms with Crippen molar-refractivity contribution in [2.75, 3.05) is 27.2 Å². The molecule has 0 saturated heterocycles. The fourth-order valence-corrected chi connectivity index (χ4v) is 13.6. The number of fused-ring (bicyclic) bond motifs is 7. The minimum atomic E-state index is -0.851. The van der Waals surface area contributed by atoms with E-state index in [4.69, 9.17) is 4.74 Å². The molecule has 6 nitrogen and oxygen atoms in total. The Balaban J connectivity index is 1.27. The highest BCUT2D eigenvalue weighted by Gasteiger charge is 2.71. The summed E-state index contributed by atoms with van der Waals surface area (Å²) in [6.45, 7) is 19.1. The fraction of sp³-hybridized carbons (Fsp3) is 0.805. The number of benzene rings is 1. The van der Waals surface area contributed by atoms with E-state index in [1.54, 1.807) is 12.1 Å². The van der Waals surface area contributed by atoms with E-state index in [2.05, 4.69) is 70.8 Å². The summed E-state index contributed by atoms with van der Waals surface area (Å²) in [5, 5.41) is 13.0. The summed E-state index contributed by atoms with van der Waals surface area (Å²) in [6, 6.07) is 7.78. The van der Waals surface area contributed by atoms with Crippen LogP contribution in [0.3, 0.4) is 0 Å². The highest BCUT2D eigenvalue weighted by molar-refractivity contribution is 5.87. The van der Waals surface area contributed by atoms with Crippen molar-refractivity contribution in [2.45, 2.75) is 124 Å². The zero-order valence-corrected chi connectivity index (χ0v) is 31.0. The maximum atomic E-state index is 13.3. The largest absolute Gasteiger partial charge is 0.478 e. The molecule has 0 unspecified atom stereocenters. The SMILES string of the molecule is CC(C)[C@@H]1CC[C@]2(NC(=O)OCCN(C)C)CC[C@]3(C)[C@H](CC[C@@H]4[C@@]5(C)CC[C@H](c6ccc(C(=O)O)cc6)C(C)(C)[C@@H]5CC[C@]43C)[C@@H]12. The predicted octanol–water partition coefficient (Wildman–Crippen LogP) is 9.25. The molecule has 2 N–H and O–H groups in total. The van der Waals surface area contributed by atoms with Gasteiger partial charge in [-0.2, -0.15) is 0 Å². The lowest BCUT2D eigenvalue weighted by Crippen LogP contribution is -2.68. The molecule has 5 aliphatic rings. The number of aromatic carboxylic acids is 1. The summed E-state index contributed by atoms with van der Waals surface area (Å²) in [5.41, 5.74) is 2.50. The molecule has 262 valence electrons. The molecule has 6 heteroatoms. The lowest BCUT2D eigenvalue weighted by molar-refractivity contribution is -0.235. The Hall–Kier alpha value is -2.08. The van der Waals surface area contributed by atoms with E-state index >= 15 is 0 Å². The van der Waals surface area contributed by atoms with Crippen molar-refractivity contribution >= 4 is 12.1 Å². The number of hydrogen-bond donors (Lipinski definition) is 2. The first-order chi connectivity index (χ1) is 22.0. The third-order valence-electron chi connectivity index (χ3n) is 16.1. The second-order valence-electron chi connectivity index (χ2n) is 18.7. The van der Waals surface area contributed by atoms with Crippen molar-refractivity contribution in [3.8, 4) is 0 Å². The molecular weight excluding hydrogens is 584 g/mol. The molecule has 0 spiro atoms. The van der Waals surface area contributed by atoms with Crippen LogP contribution in [-0.2, 0) is 4.74 Å². The number of rotatable bonds is 7. The Labute approximate surface area is 285 Å². The van der Waals surface area contributed by atoms with Crippen LogP contribution in [0, 0.1) is 57.2 Å². The first kappa shape index (κ1) is 34.8. The minimum absolute atomic E-state index is 0.142. The molecule has 0 aliphatic heterocycles. The molecule has 5 aliphatic carbocycles. The normalized spacial score (nSPS) is 42.2. The number of ether oxygens (including phenoxy) is 1. The van der Waals surface area contributed by atoms with Crippen LogP contribution in [0.4, 0.5) is 4.79 Å². The zero-order valence-electron chi connectivity index (χ0n) is 31.0. The standard InChI is InChI=1S/C41H64N2O4/c1-26(2)29-16-21-41(42-36(46)47-25-24-43(8)9)23-22-39(6)31(34(29)41)14-15-33-38(5)19-17-30(27-10-12-28(13-11-27)35(44)45)37(3,4)32(38)18-20-40(33,39)7/h10-13,26,29-34H,14-25H2,1-9H3,(H,42,46)(H,44,45)/t29-,30+,31+,32-,33+,34+,38-,39+,40+,41-/m0/s1. The van der Waals surface area contributed by atoms with Gasteiger partial charge >= 0.3 is 12.1 Å². The minimum Gasteiger partial charge on any atom is -0.478 e. The number of nitrogens with one attached hydrogen (secondary N) is 1. The highest BCUT2D eigenvalue weighted by Crippen LogP contribution is 2.77. The summed E-state index contributed by atoms with van der Waals surface area (Å²) in [7, 11) is 4.03. The van der Waals surface area contributed by atoms with E-state index in [0.717, 1.165) is 19.4 Å². The Bertz CT molecular complexity index is 1340. The first-order valence-electron chi connectivity index (χ1n) is 18.9. The molecule has 1 aromatic carbocycles. The van der Waals surface area contributed by atoms with Gasteiger partial charge in [-0.05, 0) is 159 Å². The molecule has 47 heavy (non-hydrogen) atoms. The second-order valence-corrected chi connectivity index (χ2v) is 18.7. The number of carboxylic acids is 1. The van der Waals surface area contributed by atoms with Gasteiger partial charge in [-0.3, -0.25) is 0 Å². The third-order valence-corrected chi connectivity index (χ3v) is 16.1. The number of hydrogen-bond acceptors (Lipinski definition) is 4. The summed E-state index contributed by atoms with van der Waals surface area (Å²) < 4.78 is 5.75. The molecule has 1 amide bonds. The van der Waals surface area contributed by atoms with Gasteiger partial charge in [-0.1, -0.05) is 60.6 Å². The summed E-state index contributed by atoms with van der Waals surface area (Å²) in [6.07, 6.45) is 11.9. The lowest BCUT2D eigenvalue weighted by atomic mass is 9.32. The Morgan fingerprint density at radius 3 is 2.21 bits per heavy atom. The van der Waals surface area contributed by atoms with Gasteiger partial charge in [0, 0.05) is 12.1 Å². The van der Waals surface area contributed by atoms with Crippen molar-refractivity contribution in [1.29, 1.82) is 0 Å². The molecule has 0 radical (unpaired) electrons. The Morgan fingerprint density at radius 2 is 1.57 bits per heavy atom. The van der Waals surface area contributed by atoms with E-state index in [1.807, 2.05) is 14.1 Å². The number of nitrogens with zero attached hydrogens (tertiary/aromatic N) is 1. The molecule has 0 heterocycles. The van der Waals surface area contributed by atoms with Gasteiger partial charge in [0.25, 0.3) is 0 Å². The Morgan fingerprint density at radius 1 is 0.872 bits per heavy atom. The van der Waals surface area contributed by atoms with Crippen molar-refractivity contribution in [3.63, 3.8) is 0 Å². The molecule has 1 aromatic rings. The van der Waals surface area contributed by atoms with Crippen molar-refractivity contribution in [3.05, 3.63) is 35.4 Å². The van der Waals surface area contributed by atoms with Crippen molar-refractivity contribution in [2.24, 2.45) is 57.2 Å². The van der Waals surface area contributed by atoms with Gasteiger partial charge in [-0.25, -0.2) is 9.59 Å². The van der Waals surface area contributed by atoms with Gasteiger partial charge < -0.3 is 20.1 Å². The number of carboxylic acid groups (broad SMARTS) is 1. The van der Waals surface area contributed by atoms with E-state index < -0.39 is 5.97 Å². The summed E-state index contributed by atoms with van der Waals surface area (Å²) >= 11 is 0. The number of amides is 1. The lowest BCUT2D eigenvalue weighted by Gasteiger charge is -2.73. The topological polar surface area (TPSA) is 78.9 Å². The maximum Gasteiger partial charge on any atom is 0.407 e. The first-order valence-corrected chi connectivity index (χ1v) is 18.9. The highest BCUT2D eigenvalue weighted by atomic mass is 16.5. The van der Waals surface area contributed by atoms with Gasteiger partial charge in [0.1, 0.15) is 6.61 Å². The maximum absolute atomic E-state index is 13.3. The third kappa shape index (κ3) is 5.37. The summed E-state index contributed by atoms with van der Waals surface area (Å²) in [5.74, 6) is 3.30. The average Bonchev–Trinajstić information content (AvgIpc) is 3.36. The van der Waals surface area contributed by atoms with Gasteiger partial charge in [-0.15, -0.1) is 0 Å². The molecule has 5 saturated carbocycles. The van der Waals surface area contributed by atoms with E-state index in [1.165, 1.54) is 56.9 Å². The van der Waals surface area contributed by atoms with Gasteiger partial charge in [0.05, 0.1) is 5.56 Å². The van der Waals surface area contributed by atoms with Crippen LogP contribution in [0.25, 0.3) is 0 Å². The van der Waals surface area contributed by atoms with Crippen LogP contribution < -0.4 is 5.32 Å². The summed E-state index contributed by atoms with van der Waals surface area (Å²) in [4.78, 5) is 26.9. The van der Waals surface area contributed by atoms with E-state index in [-0.39, 0.29) is 33.3 Å². The molecule has 6 rings (SSSR count). The number of alkyl carbamates (subject to hydrolysis) is 1. The molecular formula is C41H64N2O4. The second kappa shape index (κ2) is 12.1. The van der Waals surface area contributed by atoms with Gasteiger partial charge in [0.15, 0.2) is 0 Å². The number of likely N-dealkylation sites (N-methyl/N-ethyl adjacent to an activating group) is 1. The molecule has 0 bridgehead atoms. The van der Waals surface area contributed by atoms with Crippen LogP contribution in [-0.4, -0.2) is 54.9 Å². The number of carbonyl (C=O) groups is 2. The smallest absolute Gasteiger partial charge is 0.407 e. The van der Waals surface area contributed by atoms with Gasteiger partial charge in [0.2, 0.25) is 0 Å². The van der Waals surface area contributed by atoms with Crippen LogP contribution in [0.5, 0.6) is 0 Å². The van der Waals surface area contributed by atoms with Crippen molar-refractivity contribution in [1.82, 2.24) is 10.2 Å². The molecule has 10 atom stereocenters.